The third kappa shape index (κ3) is 2.22. The molecule has 0 fully saturated rings. The van der Waals surface area contributed by atoms with E-state index in [1.165, 1.54) is 36.4 Å². The lowest BCUT2D eigenvalue weighted by molar-refractivity contribution is -0.384. The highest BCUT2D eigenvalue weighted by molar-refractivity contribution is 6.34. The fourth-order valence-electron chi connectivity index (χ4n) is 2.33. The average molecular weight is 312 g/mol. The van der Waals surface area contributed by atoms with Crippen LogP contribution in [0.2, 0.25) is 0 Å². The van der Waals surface area contributed by atoms with Gasteiger partial charge in [0.2, 0.25) is 0 Å². The molecule has 0 aromatic heterocycles. The minimum absolute atomic E-state index is 0.00625. The molecule has 0 atom stereocenters. The second-order valence-electron chi connectivity index (χ2n) is 4.78. The fraction of sp³-hybridized carbons (Fsp3) is 0. The van der Waals surface area contributed by atoms with Crippen molar-refractivity contribution in [3.05, 3.63) is 69.3 Å². The molecule has 2 amide bonds. The quantitative estimate of drug-likeness (QED) is 0.526. The summed E-state index contributed by atoms with van der Waals surface area (Å²) in [7, 11) is 0. The zero-order valence-electron chi connectivity index (χ0n) is 11.4. The third-order valence-corrected chi connectivity index (χ3v) is 3.45. The lowest BCUT2D eigenvalue weighted by Crippen LogP contribution is -2.29. The summed E-state index contributed by atoms with van der Waals surface area (Å²) in [5.74, 6) is -2.47. The number of nitro benzene ring substituents is 1. The molecule has 1 aliphatic rings. The number of anilines is 1. The van der Waals surface area contributed by atoms with Crippen LogP contribution in [-0.2, 0) is 0 Å². The lowest BCUT2D eigenvalue weighted by atomic mass is 10.1. The molecule has 0 unspecified atom stereocenters. The molecule has 114 valence electrons. The number of hydrogen-bond acceptors (Lipinski definition) is 5. The Labute approximate surface area is 128 Å². The van der Waals surface area contributed by atoms with Gasteiger partial charge in [-0.15, -0.1) is 0 Å². The Morgan fingerprint density at radius 2 is 1.61 bits per heavy atom. The van der Waals surface area contributed by atoms with E-state index in [2.05, 4.69) is 0 Å². The van der Waals surface area contributed by atoms with E-state index >= 15 is 0 Å². The van der Waals surface area contributed by atoms with Gasteiger partial charge < -0.3 is 5.11 Å². The molecule has 1 heterocycles. The number of aromatic carboxylic acids is 1. The van der Waals surface area contributed by atoms with Gasteiger partial charge in [0.1, 0.15) is 0 Å². The van der Waals surface area contributed by atoms with Gasteiger partial charge >= 0.3 is 5.97 Å². The highest BCUT2D eigenvalue weighted by Gasteiger charge is 2.37. The molecule has 2 aromatic carbocycles. The maximum atomic E-state index is 12.4. The van der Waals surface area contributed by atoms with Crippen LogP contribution in [0, 0.1) is 10.1 Å². The maximum absolute atomic E-state index is 12.4. The standard InChI is InChI=1S/C15H8N2O6/c18-13-11-6-1-8(15(20)21)7-12(11)14(19)16(13)9-2-4-10(5-3-9)17(22)23/h1-7H,(H,20,21). The van der Waals surface area contributed by atoms with Gasteiger partial charge in [-0.2, -0.15) is 0 Å². The Kier molecular flexibility index (Phi) is 3.14. The molecule has 0 bridgehead atoms. The number of rotatable bonds is 3. The summed E-state index contributed by atoms with van der Waals surface area (Å²) in [6.07, 6.45) is 0. The van der Waals surface area contributed by atoms with Crippen LogP contribution in [-0.4, -0.2) is 27.8 Å². The highest BCUT2D eigenvalue weighted by atomic mass is 16.6. The van der Waals surface area contributed by atoms with Crippen LogP contribution in [0.1, 0.15) is 31.1 Å². The number of carbonyl (C=O) groups excluding carboxylic acids is 2. The molecule has 0 aliphatic carbocycles. The summed E-state index contributed by atoms with van der Waals surface area (Å²) in [5.41, 5.74) is -0.000692. The number of nitrogens with zero attached hydrogens (tertiary/aromatic N) is 2. The van der Waals surface area contributed by atoms with Gasteiger partial charge in [0.15, 0.2) is 0 Å². The Balaban J connectivity index is 2.02. The number of hydrogen-bond donors (Lipinski definition) is 1. The van der Waals surface area contributed by atoms with Crippen LogP contribution in [0.15, 0.2) is 42.5 Å². The number of fused-ring (bicyclic) bond motifs is 1. The van der Waals surface area contributed by atoms with Crippen molar-refractivity contribution in [2.24, 2.45) is 0 Å². The van der Waals surface area contributed by atoms with E-state index in [1.807, 2.05) is 0 Å². The zero-order valence-corrected chi connectivity index (χ0v) is 11.4. The Morgan fingerprint density at radius 3 is 2.17 bits per heavy atom. The molecule has 0 spiro atoms. The van der Waals surface area contributed by atoms with E-state index in [1.54, 1.807) is 0 Å². The number of carboxylic acid groups (broad SMARTS) is 1. The molecule has 23 heavy (non-hydrogen) atoms. The molecular weight excluding hydrogens is 304 g/mol. The Bertz CT molecular complexity index is 872. The van der Waals surface area contributed by atoms with Crippen molar-refractivity contribution >= 4 is 29.2 Å². The lowest BCUT2D eigenvalue weighted by Gasteiger charge is -2.13. The van der Waals surface area contributed by atoms with Crippen molar-refractivity contribution in [3.63, 3.8) is 0 Å². The Hall–Kier alpha value is -3.55. The molecule has 8 nitrogen and oxygen atoms in total. The summed E-state index contributed by atoms with van der Waals surface area (Å²) >= 11 is 0. The van der Waals surface area contributed by atoms with Gasteiger partial charge in [-0.3, -0.25) is 19.7 Å². The number of imide groups is 1. The molecule has 2 aromatic rings. The van der Waals surface area contributed by atoms with E-state index < -0.39 is 22.7 Å². The first-order valence-electron chi connectivity index (χ1n) is 6.40. The summed E-state index contributed by atoms with van der Waals surface area (Å²) in [6.45, 7) is 0. The average Bonchev–Trinajstić information content (AvgIpc) is 2.78. The summed E-state index contributed by atoms with van der Waals surface area (Å²) in [4.78, 5) is 46.6. The zero-order chi connectivity index (χ0) is 16.7. The number of carboxylic acids is 1. The molecule has 0 saturated heterocycles. The van der Waals surface area contributed by atoms with Crippen molar-refractivity contribution < 1.29 is 24.4 Å². The van der Waals surface area contributed by atoms with E-state index in [0.717, 1.165) is 11.0 Å². The third-order valence-electron chi connectivity index (χ3n) is 3.45. The summed E-state index contributed by atoms with van der Waals surface area (Å²) < 4.78 is 0. The van der Waals surface area contributed by atoms with Gasteiger partial charge in [-0.1, -0.05) is 0 Å². The molecule has 0 saturated carbocycles. The first-order chi connectivity index (χ1) is 10.9. The first kappa shape index (κ1) is 14.4. The number of non-ortho nitro benzene ring substituents is 1. The van der Waals surface area contributed by atoms with E-state index in [-0.39, 0.29) is 28.1 Å². The molecule has 8 heteroatoms. The fourth-order valence-corrected chi connectivity index (χ4v) is 2.33. The van der Waals surface area contributed by atoms with Gasteiger partial charge in [0.05, 0.1) is 27.3 Å². The van der Waals surface area contributed by atoms with Gasteiger partial charge in [0, 0.05) is 12.1 Å². The Morgan fingerprint density at radius 1 is 1.00 bits per heavy atom. The number of benzene rings is 2. The predicted octanol–water partition coefficient (Wildman–Crippen LogP) is 2.09. The minimum Gasteiger partial charge on any atom is -0.478 e. The van der Waals surface area contributed by atoms with Crippen molar-refractivity contribution in [1.82, 2.24) is 0 Å². The number of nitro groups is 1. The van der Waals surface area contributed by atoms with Crippen molar-refractivity contribution in [2.45, 2.75) is 0 Å². The number of carbonyl (C=O) groups is 3. The molecule has 1 aliphatic heterocycles. The van der Waals surface area contributed by atoms with Crippen LogP contribution in [0.4, 0.5) is 11.4 Å². The smallest absolute Gasteiger partial charge is 0.335 e. The topological polar surface area (TPSA) is 118 Å². The van der Waals surface area contributed by atoms with Crippen LogP contribution in [0.3, 0.4) is 0 Å². The first-order valence-corrected chi connectivity index (χ1v) is 6.40. The second-order valence-corrected chi connectivity index (χ2v) is 4.78. The largest absolute Gasteiger partial charge is 0.478 e. The van der Waals surface area contributed by atoms with Gasteiger partial charge in [-0.05, 0) is 30.3 Å². The van der Waals surface area contributed by atoms with Gasteiger partial charge in [0.25, 0.3) is 17.5 Å². The summed E-state index contributed by atoms with van der Waals surface area (Å²) in [6, 6.07) is 8.61. The molecular formula is C15H8N2O6. The second kappa shape index (κ2) is 5.02. The van der Waals surface area contributed by atoms with E-state index in [4.69, 9.17) is 5.11 Å². The number of amides is 2. The monoisotopic (exact) mass is 312 g/mol. The summed E-state index contributed by atoms with van der Waals surface area (Å²) in [5, 5.41) is 19.6. The van der Waals surface area contributed by atoms with Crippen LogP contribution in [0.25, 0.3) is 0 Å². The predicted molar refractivity (Wildman–Crippen MR) is 77.6 cm³/mol. The highest BCUT2D eigenvalue weighted by Crippen LogP contribution is 2.30. The van der Waals surface area contributed by atoms with Crippen LogP contribution >= 0.6 is 0 Å². The maximum Gasteiger partial charge on any atom is 0.335 e. The van der Waals surface area contributed by atoms with Crippen molar-refractivity contribution in [2.75, 3.05) is 4.90 Å². The van der Waals surface area contributed by atoms with Crippen molar-refractivity contribution in [1.29, 1.82) is 0 Å². The SMILES string of the molecule is O=C(O)c1ccc2c(c1)C(=O)N(c1ccc([N+](=O)[O-])cc1)C2=O. The van der Waals surface area contributed by atoms with Crippen molar-refractivity contribution in [3.8, 4) is 0 Å². The molecule has 3 rings (SSSR count). The van der Waals surface area contributed by atoms with Crippen LogP contribution in [0.5, 0.6) is 0 Å². The minimum atomic E-state index is -1.21. The normalized spacial score (nSPS) is 13.1. The molecule has 1 N–H and O–H groups in total. The van der Waals surface area contributed by atoms with Crippen LogP contribution < -0.4 is 4.90 Å². The van der Waals surface area contributed by atoms with E-state index in [9.17, 15) is 24.5 Å². The molecule has 0 radical (unpaired) electrons. The van der Waals surface area contributed by atoms with Gasteiger partial charge in [-0.25, -0.2) is 9.69 Å². The van der Waals surface area contributed by atoms with E-state index in [0.29, 0.717) is 0 Å².